The normalized spacial score (nSPS) is 11.1. The Bertz CT molecular complexity index is 1010. The third-order valence-electron chi connectivity index (χ3n) is 3.99. The van der Waals surface area contributed by atoms with Crippen LogP contribution in [0.4, 0.5) is 0 Å². The molecule has 0 aliphatic carbocycles. The molecule has 0 fully saturated rings. The minimum absolute atomic E-state index is 0.0796. The van der Waals surface area contributed by atoms with Gasteiger partial charge in [0, 0.05) is 5.39 Å². The average Bonchev–Trinajstić information content (AvgIpc) is 2.66. The predicted molar refractivity (Wildman–Crippen MR) is 94.8 cm³/mol. The maximum atomic E-state index is 10.8. The summed E-state index contributed by atoms with van der Waals surface area (Å²) in [6.07, 6.45) is 1.79. The van der Waals surface area contributed by atoms with Crippen molar-refractivity contribution in [1.29, 1.82) is 5.26 Å². The summed E-state index contributed by atoms with van der Waals surface area (Å²) < 4.78 is 5.39. The molecule has 0 aliphatic heterocycles. The van der Waals surface area contributed by atoms with E-state index in [2.05, 4.69) is 6.07 Å². The Morgan fingerprint density at radius 2 is 1.64 bits per heavy atom. The van der Waals surface area contributed by atoms with E-state index in [0.717, 1.165) is 22.1 Å². The van der Waals surface area contributed by atoms with Crippen molar-refractivity contribution in [2.75, 3.05) is 7.11 Å². The van der Waals surface area contributed by atoms with Gasteiger partial charge in [0.15, 0.2) is 0 Å². The molecule has 122 valence electrons. The van der Waals surface area contributed by atoms with E-state index in [1.165, 1.54) is 12.1 Å². The molecule has 0 N–H and O–H groups in total. The van der Waals surface area contributed by atoms with Gasteiger partial charge < -0.3 is 14.6 Å². The summed E-state index contributed by atoms with van der Waals surface area (Å²) in [4.78, 5) is 10.8. The number of carbonyl (C=O) groups excluding carboxylic acids is 1. The molecule has 0 radical (unpaired) electrons. The zero-order valence-electron chi connectivity index (χ0n) is 13.5. The van der Waals surface area contributed by atoms with Gasteiger partial charge >= 0.3 is 0 Å². The first-order valence-electron chi connectivity index (χ1n) is 7.63. The van der Waals surface area contributed by atoms with E-state index in [0.29, 0.717) is 11.1 Å². The van der Waals surface area contributed by atoms with Crippen LogP contribution in [0.15, 0.2) is 60.7 Å². The Morgan fingerprint density at radius 3 is 2.24 bits per heavy atom. The summed E-state index contributed by atoms with van der Waals surface area (Å²) >= 11 is 0. The number of hydrogen-bond acceptors (Lipinski definition) is 4. The highest BCUT2D eigenvalue weighted by atomic mass is 16.5. The molecule has 0 saturated carbocycles. The molecule has 25 heavy (non-hydrogen) atoms. The zero-order valence-corrected chi connectivity index (χ0v) is 13.5. The lowest BCUT2D eigenvalue weighted by Crippen LogP contribution is -2.21. The smallest absolute Gasteiger partial charge is 0.126 e. The van der Waals surface area contributed by atoms with Gasteiger partial charge in [-0.25, -0.2) is 0 Å². The number of aromatic carboxylic acids is 1. The molecule has 0 heterocycles. The van der Waals surface area contributed by atoms with Crippen LogP contribution in [0.3, 0.4) is 0 Å². The Balaban J connectivity index is 2.11. The third-order valence-corrected chi connectivity index (χ3v) is 3.99. The highest BCUT2D eigenvalue weighted by Gasteiger charge is 2.07. The highest BCUT2D eigenvalue weighted by Crippen LogP contribution is 2.30. The second kappa shape index (κ2) is 6.90. The standard InChI is InChI=1S/C21H15NO3/c1-25-20-11-10-16(18-4-2-3-5-19(18)20)12-17(13-22)14-6-8-15(9-7-14)21(23)24/h2-12H,1H3,(H,23,24)/p-1/b17-12-. The molecule has 0 atom stereocenters. The first kappa shape index (κ1) is 16.3. The lowest BCUT2D eigenvalue weighted by Gasteiger charge is -2.09. The monoisotopic (exact) mass is 328 g/mol. The molecular weight excluding hydrogens is 314 g/mol. The summed E-state index contributed by atoms with van der Waals surface area (Å²) in [5.74, 6) is -0.472. The molecule has 0 amide bonds. The summed E-state index contributed by atoms with van der Waals surface area (Å²) in [6, 6.07) is 19.8. The molecule has 0 unspecified atom stereocenters. The molecule has 0 spiro atoms. The van der Waals surface area contributed by atoms with Crippen LogP contribution < -0.4 is 9.84 Å². The van der Waals surface area contributed by atoms with E-state index in [4.69, 9.17) is 4.74 Å². The Hall–Kier alpha value is -3.58. The summed E-state index contributed by atoms with van der Waals surface area (Å²) in [6.45, 7) is 0. The van der Waals surface area contributed by atoms with E-state index < -0.39 is 5.97 Å². The van der Waals surface area contributed by atoms with E-state index in [1.54, 1.807) is 25.3 Å². The number of ether oxygens (including phenoxy) is 1. The van der Waals surface area contributed by atoms with Gasteiger partial charge in [0.1, 0.15) is 5.75 Å². The summed E-state index contributed by atoms with van der Waals surface area (Å²) in [5, 5.41) is 22.3. The fourth-order valence-corrected chi connectivity index (χ4v) is 2.72. The maximum Gasteiger partial charge on any atom is 0.126 e. The molecular formula is C21H14NO3-. The number of hydrogen-bond donors (Lipinski definition) is 0. The van der Waals surface area contributed by atoms with Crippen LogP contribution in [0.2, 0.25) is 0 Å². The molecule has 0 bridgehead atoms. The van der Waals surface area contributed by atoms with Gasteiger partial charge in [-0.15, -0.1) is 0 Å². The second-order valence-electron chi connectivity index (χ2n) is 5.44. The lowest BCUT2D eigenvalue weighted by molar-refractivity contribution is -0.255. The van der Waals surface area contributed by atoms with Crippen molar-refractivity contribution in [2.24, 2.45) is 0 Å². The lowest BCUT2D eigenvalue weighted by atomic mass is 9.98. The molecule has 0 aromatic heterocycles. The number of allylic oxidation sites excluding steroid dienone is 1. The van der Waals surface area contributed by atoms with Gasteiger partial charge in [-0.2, -0.15) is 5.26 Å². The maximum absolute atomic E-state index is 10.8. The molecule has 4 heteroatoms. The predicted octanol–water partition coefficient (Wildman–Crippen LogP) is 3.28. The largest absolute Gasteiger partial charge is 0.545 e. The third kappa shape index (κ3) is 3.22. The van der Waals surface area contributed by atoms with Crippen molar-refractivity contribution in [3.63, 3.8) is 0 Å². The van der Waals surface area contributed by atoms with Crippen molar-refractivity contribution in [3.05, 3.63) is 77.4 Å². The SMILES string of the molecule is COc1ccc(/C=C(/C#N)c2ccc(C(=O)[O-])cc2)c2ccccc12. The molecule has 0 saturated heterocycles. The number of carboxylic acid groups (broad SMARTS) is 1. The van der Waals surface area contributed by atoms with Gasteiger partial charge in [-0.3, -0.25) is 0 Å². The fourth-order valence-electron chi connectivity index (χ4n) is 2.72. The zero-order chi connectivity index (χ0) is 17.8. The van der Waals surface area contributed by atoms with Crippen molar-refractivity contribution >= 4 is 28.4 Å². The number of carboxylic acids is 1. The number of nitriles is 1. The number of rotatable bonds is 4. The Morgan fingerprint density at radius 1 is 1.00 bits per heavy atom. The van der Waals surface area contributed by atoms with Gasteiger partial charge in [0.25, 0.3) is 0 Å². The quantitative estimate of drug-likeness (QED) is 0.544. The van der Waals surface area contributed by atoms with Gasteiger partial charge in [0.2, 0.25) is 0 Å². The van der Waals surface area contributed by atoms with Crippen LogP contribution in [0.5, 0.6) is 5.75 Å². The molecule has 3 aromatic rings. The molecule has 3 rings (SSSR count). The topological polar surface area (TPSA) is 73.1 Å². The van der Waals surface area contributed by atoms with Crippen molar-refractivity contribution in [2.45, 2.75) is 0 Å². The number of fused-ring (bicyclic) bond motifs is 1. The van der Waals surface area contributed by atoms with Crippen LogP contribution in [-0.4, -0.2) is 13.1 Å². The number of methoxy groups -OCH3 is 1. The summed E-state index contributed by atoms with van der Waals surface area (Å²) in [7, 11) is 1.62. The van der Waals surface area contributed by atoms with E-state index in [1.807, 2.05) is 36.4 Å². The van der Waals surface area contributed by atoms with E-state index in [-0.39, 0.29) is 5.56 Å². The number of carbonyl (C=O) groups is 1. The fraction of sp³-hybridized carbons (Fsp3) is 0.0476. The summed E-state index contributed by atoms with van der Waals surface area (Å²) in [5.41, 5.74) is 2.06. The first-order valence-corrected chi connectivity index (χ1v) is 7.63. The van der Waals surface area contributed by atoms with Crippen LogP contribution in [-0.2, 0) is 0 Å². The number of nitrogens with zero attached hydrogens (tertiary/aromatic N) is 1. The van der Waals surface area contributed by atoms with Gasteiger partial charge in [-0.1, -0.05) is 54.6 Å². The average molecular weight is 328 g/mol. The van der Waals surface area contributed by atoms with Crippen LogP contribution in [0.25, 0.3) is 22.4 Å². The van der Waals surface area contributed by atoms with Gasteiger partial charge in [0.05, 0.1) is 24.7 Å². The molecule has 3 aromatic carbocycles. The van der Waals surface area contributed by atoms with Crippen molar-refractivity contribution in [1.82, 2.24) is 0 Å². The molecule has 0 aliphatic rings. The van der Waals surface area contributed by atoms with Crippen LogP contribution in [0, 0.1) is 11.3 Å². The first-order chi connectivity index (χ1) is 12.1. The number of benzene rings is 3. The van der Waals surface area contributed by atoms with E-state index >= 15 is 0 Å². The molecule has 4 nitrogen and oxygen atoms in total. The van der Waals surface area contributed by atoms with Crippen LogP contribution in [0.1, 0.15) is 21.5 Å². The minimum Gasteiger partial charge on any atom is -0.545 e. The van der Waals surface area contributed by atoms with Crippen molar-refractivity contribution in [3.8, 4) is 11.8 Å². The highest BCUT2D eigenvalue weighted by molar-refractivity contribution is 6.00. The van der Waals surface area contributed by atoms with E-state index in [9.17, 15) is 15.2 Å². The Labute approximate surface area is 145 Å². The van der Waals surface area contributed by atoms with Crippen molar-refractivity contribution < 1.29 is 14.6 Å². The minimum atomic E-state index is -1.24. The van der Waals surface area contributed by atoms with Gasteiger partial charge in [-0.05, 0) is 34.2 Å². The Kier molecular flexibility index (Phi) is 4.49. The van der Waals surface area contributed by atoms with Crippen LogP contribution >= 0.6 is 0 Å². The second-order valence-corrected chi connectivity index (χ2v) is 5.44.